The highest BCUT2D eigenvalue weighted by Crippen LogP contribution is 2.27. The van der Waals surface area contributed by atoms with Gasteiger partial charge in [-0.15, -0.1) is 24.0 Å². The number of nitrogens with one attached hydrogen (secondary N) is 2. The summed E-state index contributed by atoms with van der Waals surface area (Å²) >= 11 is 0. The first-order valence-electron chi connectivity index (χ1n) is 8.74. The third-order valence-electron chi connectivity index (χ3n) is 3.94. The lowest BCUT2D eigenvalue weighted by Gasteiger charge is -2.16. The van der Waals surface area contributed by atoms with Gasteiger partial charge >= 0.3 is 0 Å². The zero-order valence-electron chi connectivity index (χ0n) is 16.2. The molecular formula is C20H27FIN3O3. The largest absolute Gasteiger partial charge is 0.493 e. The fraction of sp³-hybridized carbons (Fsp3) is 0.350. The molecule has 2 aromatic carbocycles. The summed E-state index contributed by atoms with van der Waals surface area (Å²) in [5.74, 6) is 1.39. The average Bonchev–Trinajstić information content (AvgIpc) is 2.69. The van der Waals surface area contributed by atoms with Gasteiger partial charge in [-0.05, 0) is 30.7 Å². The predicted octanol–water partition coefficient (Wildman–Crippen LogP) is 3.25. The number of aliphatic hydroxyl groups excluding tert-OH is 1. The molecule has 2 rings (SSSR count). The van der Waals surface area contributed by atoms with Crippen LogP contribution in [0.25, 0.3) is 0 Å². The normalized spacial score (nSPS) is 12.0. The van der Waals surface area contributed by atoms with Crippen LogP contribution in [0.4, 0.5) is 4.39 Å². The number of nitrogens with zero attached hydrogens (tertiary/aromatic N) is 1. The van der Waals surface area contributed by atoms with Crippen molar-refractivity contribution in [3.8, 4) is 11.5 Å². The maximum absolute atomic E-state index is 13.8. The van der Waals surface area contributed by atoms with Crippen LogP contribution in [0.2, 0.25) is 0 Å². The Balaban J connectivity index is 0.00000392. The number of methoxy groups -OCH3 is 2. The third kappa shape index (κ3) is 6.83. The number of ether oxygens (including phenoxy) is 2. The van der Waals surface area contributed by atoms with Gasteiger partial charge in [0, 0.05) is 18.7 Å². The van der Waals surface area contributed by atoms with E-state index in [1.807, 2.05) is 25.1 Å². The molecule has 0 aliphatic heterocycles. The van der Waals surface area contributed by atoms with E-state index in [1.54, 1.807) is 32.4 Å². The summed E-state index contributed by atoms with van der Waals surface area (Å²) in [5.41, 5.74) is 1.19. The van der Waals surface area contributed by atoms with E-state index in [4.69, 9.17) is 9.47 Å². The molecule has 8 heteroatoms. The van der Waals surface area contributed by atoms with E-state index in [1.165, 1.54) is 6.07 Å². The highest BCUT2D eigenvalue weighted by molar-refractivity contribution is 14.0. The van der Waals surface area contributed by atoms with Crippen molar-refractivity contribution < 1.29 is 19.0 Å². The maximum Gasteiger partial charge on any atom is 0.191 e. The zero-order chi connectivity index (χ0) is 19.6. The molecule has 154 valence electrons. The van der Waals surface area contributed by atoms with Gasteiger partial charge in [0.1, 0.15) is 5.82 Å². The minimum Gasteiger partial charge on any atom is -0.493 e. The van der Waals surface area contributed by atoms with E-state index in [2.05, 4.69) is 15.6 Å². The van der Waals surface area contributed by atoms with Crippen LogP contribution in [0, 0.1) is 5.82 Å². The monoisotopic (exact) mass is 503 g/mol. The molecule has 28 heavy (non-hydrogen) atoms. The highest BCUT2D eigenvalue weighted by atomic mass is 127. The van der Waals surface area contributed by atoms with Crippen LogP contribution in [0.15, 0.2) is 47.5 Å². The van der Waals surface area contributed by atoms with Crippen molar-refractivity contribution in [2.45, 2.75) is 19.6 Å². The minimum absolute atomic E-state index is 0. The molecule has 0 heterocycles. The molecule has 0 aliphatic rings. The number of rotatable bonds is 8. The molecule has 0 bridgehead atoms. The first-order valence-corrected chi connectivity index (χ1v) is 8.74. The van der Waals surface area contributed by atoms with Gasteiger partial charge in [-0.2, -0.15) is 0 Å². The molecule has 0 fully saturated rings. The van der Waals surface area contributed by atoms with E-state index < -0.39 is 11.9 Å². The molecule has 1 atom stereocenters. The Morgan fingerprint density at radius 2 is 1.82 bits per heavy atom. The molecule has 0 saturated heterocycles. The fourth-order valence-electron chi connectivity index (χ4n) is 2.54. The molecule has 6 nitrogen and oxygen atoms in total. The number of aliphatic hydroxyl groups is 1. The van der Waals surface area contributed by atoms with Crippen molar-refractivity contribution in [2.24, 2.45) is 4.99 Å². The van der Waals surface area contributed by atoms with Gasteiger partial charge < -0.3 is 25.2 Å². The second-order valence-corrected chi connectivity index (χ2v) is 5.80. The SMILES string of the molecule is CCNC(=NCc1ccc(OC)c(OC)c1)NCC(O)c1ccccc1F.I. The van der Waals surface area contributed by atoms with Crippen LogP contribution < -0.4 is 20.1 Å². The molecule has 0 saturated carbocycles. The Bertz CT molecular complexity index is 774. The minimum atomic E-state index is -0.976. The van der Waals surface area contributed by atoms with Crippen LogP contribution in [0.1, 0.15) is 24.2 Å². The summed E-state index contributed by atoms with van der Waals surface area (Å²) in [7, 11) is 3.17. The molecule has 1 unspecified atom stereocenters. The Morgan fingerprint density at radius 3 is 2.46 bits per heavy atom. The van der Waals surface area contributed by atoms with Crippen LogP contribution in [0.5, 0.6) is 11.5 Å². The van der Waals surface area contributed by atoms with Gasteiger partial charge in [0.2, 0.25) is 0 Å². The standard InChI is InChI=1S/C20H26FN3O3.HI/c1-4-22-20(24-13-17(25)15-7-5-6-8-16(15)21)23-12-14-9-10-18(26-2)19(11-14)27-3;/h5-11,17,25H,4,12-13H2,1-3H3,(H2,22,23,24);1H. The number of benzene rings is 2. The van der Waals surface area contributed by atoms with E-state index in [-0.39, 0.29) is 36.1 Å². The average molecular weight is 503 g/mol. The number of halogens is 2. The second kappa shape index (κ2) is 12.4. The number of hydrogen-bond donors (Lipinski definition) is 3. The molecule has 0 radical (unpaired) electrons. The second-order valence-electron chi connectivity index (χ2n) is 5.80. The molecule has 0 amide bonds. The van der Waals surface area contributed by atoms with E-state index in [0.717, 1.165) is 5.56 Å². The van der Waals surface area contributed by atoms with Crippen molar-refractivity contribution in [1.82, 2.24) is 10.6 Å². The molecule has 0 aromatic heterocycles. The highest BCUT2D eigenvalue weighted by Gasteiger charge is 2.12. The van der Waals surface area contributed by atoms with Crippen LogP contribution in [0.3, 0.4) is 0 Å². The van der Waals surface area contributed by atoms with Gasteiger partial charge in [0.05, 0.1) is 26.9 Å². The lowest BCUT2D eigenvalue weighted by Crippen LogP contribution is -2.39. The van der Waals surface area contributed by atoms with Gasteiger partial charge in [-0.3, -0.25) is 0 Å². The molecule has 3 N–H and O–H groups in total. The summed E-state index contributed by atoms with van der Waals surface area (Å²) in [6, 6.07) is 11.8. The Hall–Kier alpha value is -2.07. The van der Waals surface area contributed by atoms with Crippen molar-refractivity contribution >= 4 is 29.9 Å². The van der Waals surface area contributed by atoms with E-state index in [9.17, 15) is 9.50 Å². The molecule has 2 aromatic rings. The summed E-state index contributed by atoms with van der Waals surface area (Å²) in [5, 5.41) is 16.4. The third-order valence-corrected chi connectivity index (χ3v) is 3.94. The first-order chi connectivity index (χ1) is 13.1. The fourth-order valence-corrected chi connectivity index (χ4v) is 2.54. The van der Waals surface area contributed by atoms with Gasteiger partial charge in [-0.25, -0.2) is 9.38 Å². The predicted molar refractivity (Wildman–Crippen MR) is 119 cm³/mol. The summed E-state index contributed by atoms with van der Waals surface area (Å²) in [4.78, 5) is 4.50. The zero-order valence-corrected chi connectivity index (χ0v) is 18.6. The summed E-state index contributed by atoms with van der Waals surface area (Å²) < 4.78 is 24.3. The number of guanidine groups is 1. The molecule has 0 aliphatic carbocycles. The van der Waals surface area contributed by atoms with Crippen molar-refractivity contribution in [2.75, 3.05) is 27.3 Å². The van der Waals surface area contributed by atoms with Gasteiger partial charge in [0.25, 0.3) is 0 Å². The molecule has 0 spiro atoms. The number of hydrogen-bond acceptors (Lipinski definition) is 4. The summed E-state index contributed by atoms with van der Waals surface area (Å²) in [6.45, 7) is 3.15. The Morgan fingerprint density at radius 1 is 1.11 bits per heavy atom. The smallest absolute Gasteiger partial charge is 0.191 e. The Labute approximate surface area is 182 Å². The van der Waals surface area contributed by atoms with Crippen molar-refractivity contribution in [1.29, 1.82) is 0 Å². The van der Waals surface area contributed by atoms with Crippen LogP contribution in [-0.4, -0.2) is 38.4 Å². The van der Waals surface area contributed by atoms with Crippen LogP contribution >= 0.6 is 24.0 Å². The summed E-state index contributed by atoms with van der Waals surface area (Å²) in [6.07, 6.45) is -0.976. The van der Waals surface area contributed by atoms with E-state index in [0.29, 0.717) is 30.5 Å². The quantitative estimate of drug-likeness (QED) is 0.293. The van der Waals surface area contributed by atoms with Crippen LogP contribution in [-0.2, 0) is 6.54 Å². The number of aliphatic imine (C=N–C) groups is 1. The van der Waals surface area contributed by atoms with Gasteiger partial charge in [-0.1, -0.05) is 24.3 Å². The Kier molecular flexibility index (Phi) is 10.6. The van der Waals surface area contributed by atoms with E-state index >= 15 is 0 Å². The lowest BCUT2D eigenvalue weighted by molar-refractivity contribution is 0.176. The molecular weight excluding hydrogens is 476 g/mol. The van der Waals surface area contributed by atoms with Crippen molar-refractivity contribution in [3.05, 3.63) is 59.4 Å². The first kappa shape index (κ1) is 24.0. The maximum atomic E-state index is 13.8. The van der Waals surface area contributed by atoms with Crippen molar-refractivity contribution in [3.63, 3.8) is 0 Å². The topological polar surface area (TPSA) is 75.1 Å². The lowest BCUT2D eigenvalue weighted by atomic mass is 10.1. The van der Waals surface area contributed by atoms with Gasteiger partial charge in [0.15, 0.2) is 17.5 Å².